The molecule has 0 saturated carbocycles. The van der Waals surface area contributed by atoms with Gasteiger partial charge in [-0.2, -0.15) is 0 Å². The second-order valence-corrected chi connectivity index (χ2v) is 3.77. The molecule has 0 bridgehead atoms. The van der Waals surface area contributed by atoms with E-state index >= 15 is 0 Å². The van der Waals surface area contributed by atoms with Crippen molar-refractivity contribution in [1.82, 2.24) is 0 Å². The van der Waals surface area contributed by atoms with Gasteiger partial charge in [-0.15, -0.1) is 0 Å². The summed E-state index contributed by atoms with van der Waals surface area (Å²) in [4.78, 5) is 0. The van der Waals surface area contributed by atoms with E-state index in [2.05, 4.69) is 0 Å². The molecule has 2 heteroatoms. The number of aliphatic hydroxyl groups is 2. The van der Waals surface area contributed by atoms with Crippen molar-refractivity contribution in [3.63, 3.8) is 0 Å². The highest BCUT2D eigenvalue weighted by atomic mass is 16.3. The first kappa shape index (κ1) is 9.44. The van der Waals surface area contributed by atoms with Gasteiger partial charge in [0.15, 0.2) is 0 Å². The Bertz CT molecular complexity index is 368. The van der Waals surface area contributed by atoms with E-state index in [-0.39, 0.29) is 0 Å². The molecular weight excluding hydrogens is 176 g/mol. The maximum Gasteiger partial charge on any atom is 0.0977 e. The average molecular weight is 190 g/mol. The summed E-state index contributed by atoms with van der Waals surface area (Å²) in [6.45, 7) is 1.85. The van der Waals surface area contributed by atoms with Crippen molar-refractivity contribution in [2.75, 3.05) is 0 Å². The fourth-order valence-corrected chi connectivity index (χ4v) is 1.83. The fraction of sp³-hybridized carbons (Fsp3) is 0.333. The minimum Gasteiger partial charge on any atom is -0.388 e. The van der Waals surface area contributed by atoms with Crippen LogP contribution in [0.4, 0.5) is 0 Å². The van der Waals surface area contributed by atoms with Crippen molar-refractivity contribution in [1.29, 1.82) is 0 Å². The number of benzene rings is 1. The molecule has 0 radical (unpaired) electrons. The monoisotopic (exact) mass is 190 g/mol. The molecule has 1 aliphatic rings. The topological polar surface area (TPSA) is 40.5 Å². The van der Waals surface area contributed by atoms with Gasteiger partial charge >= 0.3 is 0 Å². The summed E-state index contributed by atoms with van der Waals surface area (Å²) < 4.78 is 0. The summed E-state index contributed by atoms with van der Waals surface area (Å²) in [6, 6.07) is 7.69. The van der Waals surface area contributed by atoms with E-state index < -0.39 is 12.2 Å². The van der Waals surface area contributed by atoms with E-state index in [9.17, 15) is 10.2 Å². The van der Waals surface area contributed by atoms with Crippen LogP contribution in [0, 0.1) is 0 Å². The van der Waals surface area contributed by atoms with Crippen LogP contribution in [0.15, 0.2) is 35.9 Å². The molecule has 0 spiro atoms. The number of hydrogen-bond donors (Lipinski definition) is 2. The van der Waals surface area contributed by atoms with Crippen LogP contribution in [-0.4, -0.2) is 16.3 Å². The van der Waals surface area contributed by atoms with Crippen LogP contribution in [-0.2, 0) is 6.42 Å². The first-order chi connectivity index (χ1) is 6.68. The van der Waals surface area contributed by atoms with Crippen LogP contribution < -0.4 is 0 Å². The van der Waals surface area contributed by atoms with Crippen LogP contribution in [0.5, 0.6) is 0 Å². The van der Waals surface area contributed by atoms with Gasteiger partial charge in [0.1, 0.15) is 0 Å². The van der Waals surface area contributed by atoms with E-state index in [0.29, 0.717) is 6.42 Å². The second kappa shape index (κ2) is 3.56. The zero-order valence-corrected chi connectivity index (χ0v) is 8.14. The zero-order chi connectivity index (χ0) is 10.1. The van der Waals surface area contributed by atoms with Crippen molar-refractivity contribution in [2.24, 2.45) is 0 Å². The largest absolute Gasteiger partial charge is 0.388 e. The van der Waals surface area contributed by atoms with Crippen molar-refractivity contribution < 1.29 is 10.2 Å². The van der Waals surface area contributed by atoms with Gasteiger partial charge < -0.3 is 10.2 Å². The molecule has 0 fully saturated rings. The average Bonchev–Trinajstić information content (AvgIpc) is 2.27. The minimum absolute atomic E-state index is 0.465. The highest BCUT2D eigenvalue weighted by Crippen LogP contribution is 2.26. The van der Waals surface area contributed by atoms with E-state index in [1.165, 1.54) is 0 Å². The minimum atomic E-state index is -0.580. The molecule has 14 heavy (non-hydrogen) atoms. The number of rotatable bonds is 0. The molecule has 2 rings (SSSR count). The van der Waals surface area contributed by atoms with E-state index in [4.69, 9.17) is 0 Å². The van der Waals surface area contributed by atoms with Crippen LogP contribution in [0.25, 0.3) is 0 Å². The highest BCUT2D eigenvalue weighted by Gasteiger charge is 2.19. The molecule has 0 saturated heterocycles. The molecule has 0 heterocycles. The Kier molecular flexibility index (Phi) is 2.40. The molecule has 1 aliphatic carbocycles. The van der Waals surface area contributed by atoms with Gasteiger partial charge in [0.25, 0.3) is 0 Å². The highest BCUT2D eigenvalue weighted by molar-refractivity contribution is 5.36. The van der Waals surface area contributed by atoms with Crippen LogP contribution >= 0.6 is 0 Å². The summed E-state index contributed by atoms with van der Waals surface area (Å²) in [5, 5.41) is 19.6. The lowest BCUT2D eigenvalue weighted by molar-refractivity contribution is 0.209. The molecule has 0 amide bonds. The quantitative estimate of drug-likeness (QED) is 0.610. The van der Waals surface area contributed by atoms with Gasteiger partial charge in [-0.1, -0.05) is 30.3 Å². The van der Waals surface area contributed by atoms with Gasteiger partial charge in [0.05, 0.1) is 12.2 Å². The van der Waals surface area contributed by atoms with Gasteiger partial charge in [-0.25, -0.2) is 0 Å². The molecule has 0 aliphatic heterocycles. The second-order valence-electron chi connectivity index (χ2n) is 3.77. The van der Waals surface area contributed by atoms with E-state index in [1.807, 2.05) is 31.2 Å². The molecule has 2 atom stereocenters. The molecule has 0 aromatic heterocycles. The summed E-state index contributed by atoms with van der Waals surface area (Å²) in [5.74, 6) is 0. The van der Waals surface area contributed by atoms with Crippen LogP contribution in [0.2, 0.25) is 0 Å². The molecule has 1 aromatic carbocycles. The standard InChI is InChI=1S/C12H14O2/c1-8-6-12(14)10-5-3-2-4-9(10)7-11(8)13/h2-6,11-14H,7H2,1H3/t11-,12-/m0/s1. The Morgan fingerprint density at radius 1 is 1.21 bits per heavy atom. The maximum atomic E-state index is 9.84. The van der Waals surface area contributed by atoms with Gasteiger partial charge in [0, 0.05) is 6.42 Å². The lowest BCUT2D eigenvalue weighted by atomic mass is 10.0. The summed E-state index contributed by atoms with van der Waals surface area (Å²) in [6.07, 6.45) is 1.27. The molecule has 2 N–H and O–H groups in total. The first-order valence-corrected chi connectivity index (χ1v) is 4.80. The van der Waals surface area contributed by atoms with Gasteiger partial charge in [-0.3, -0.25) is 0 Å². The molecular formula is C12H14O2. The smallest absolute Gasteiger partial charge is 0.0977 e. The van der Waals surface area contributed by atoms with Gasteiger partial charge in [-0.05, 0) is 23.6 Å². The number of hydrogen-bond acceptors (Lipinski definition) is 2. The van der Waals surface area contributed by atoms with Crippen LogP contribution in [0.3, 0.4) is 0 Å². The number of aliphatic hydroxyl groups excluding tert-OH is 2. The van der Waals surface area contributed by atoms with Crippen LogP contribution in [0.1, 0.15) is 24.2 Å². The molecule has 1 aromatic rings. The Balaban J connectivity index is 2.47. The molecule has 74 valence electrons. The van der Waals surface area contributed by atoms with E-state index in [0.717, 1.165) is 16.7 Å². The molecule has 0 unspecified atom stereocenters. The maximum absolute atomic E-state index is 9.84. The Morgan fingerprint density at radius 2 is 1.93 bits per heavy atom. The fourth-order valence-electron chi connectivity index (χ4n) is 1.83. The Labute approximate surface area is 83.5 Å². The van der Waals surface area contributed by atoms with Gasteiger partial charge in [0.2, 0.25) is 0 Å². The Hall–Kier alpha value is -1.12. The lowest BCUT2D eigenvalue weighted by Crippen LogP contribution is -2.10. The number of fused-ring (bicyclic) bond motifs is 1. The summed E-state index contributed by atoms with van der Waals surface area (Å²) in [5.41, 5.74) is 2.78. The van der Waals surface area contributed by atoms with Crippen molar-refractivity contribution in [2.45, 2.75) is 25.6 Å². The third-order valence-electron chi connectivity index (χ3n) is 2.73. The molecule has 2 nitrogen and oxygen atoms in total. The predicted octanol–water partition coefficient (Wildman–Crippen LogP) is 1.58. The van der Waals surface area contributed by atoms with Crippen molar-refractivity contribution in [3.8, 4) is 0 Å². The SMILES string of the molecule is CC1=C[C@H](O)c2ccccc2C[C@@H]1O. The van der Waals surface area contributed by atoms with Crippen molar-refractivity contribution in [3.05, 3.63) is 47.0 Å². The zero-order valence-electron chi connectivity index (χ0n) is 8.14. The van der Waals surface area contributed by atoms with E-state index in [1.54, 1.807) is 6.08 Å². The lowest BCUT2D eigenvalue weighted by Gasteiger charge is -2.10. The predicted molar refractivity (Wildman–Crippen MR) is 54.9 cm³/mol. The first-order valence-electron chi connectivity index (χ1n) is 4.80. The summed E-state index contributed by atoms with van der Waals surface area (Å²) in [7, 11) is 0. The Morgan fingerprint density at radius 3 is 2.71 bits per heavy atom. The normalized spacial score (nSPS) is 26.4. The third-order valence-corrected chi connectivity index (χ3v) is 2.73. The van der Waals surface area contributed by atoms with Crippen molar-refractivity contribution >= 4 is 0 Å². The third kappa shape index (κ3) is 1.59. The summed E-state index contributed by atoms with van der Waals surface area (Å²) >= 11 is 0.